The molecule has 0 aliphatic rings. The largest absolute Gasteiger partial charge is 0.386 e. The topological polar surface area (TPSA) is 42.4 Å². The number of aromatic nitrogens is 1. The van der Waals surface area contributed by atoms with Gasteiger partial charge in [0, 0.05) is 23.8 Å². The van der Waals surface area contributed by atoms with Crippen LogP contribution >= 0.6 is 0 Å². The minimum Gasteiger partial charge on any atom is -0.386 e. The molecule has 0 spiro atoms. The Kier molecular flexibility index (Phi) is 4.28. The van der Waals surface area contributed by atoms with Gasteiger partial charge in [-0.1, -0.05) is 25.1 Å². The molecule has 0 saturated heterocycles. The summed E-state index contributed by atoms with van der Waals surface area (Å²) in [5, 5.41) is 11.3. The minimum absolute atomic E-state index is 0.169. The van der Waals surface area contributed by atoms with E-state index in [0.717, 1.165) is 22.9 Å². The molecule has 3 heteroatoms. The fourth-order valence-corrected chi connectivity index (χ4v) is 2.11. The van der Waals surface area contributed by atoms with Crippen molar-refractivity contribution >= 4 is 10.9 Å². The van der Waals surface area contributed by atoms with Crippen LogP contribution in [0, 0.1) is 0 Å². The van der Waals surface area contributed by atoms with Crippen LogP contribution in [0.4, 0.5) is 0 Å². The molecule has 0 aliphatic heterocycles. The van der Waals surface area contributed by atoms with Crippen LogP contribution in [-0.2, 0) is 4.74 Å². The third-order valence-electron chi connectivity index (χ3n) is 3.09. The summed E-state index contributed by atoms with van der Waals surface area (Å²) in [7, 11) is 0. The molecular formula is C15H19NO2. The summed E-state index contributed by atoms with van der Waals surface area (Å²) in [5.74, 6) is 0. The van der Waals surface area contributed by atoms with E-state index in [0.29, 0.717) is 6.61 Å². The predicted octanol–water partition coefficient (Wildman–Crippen LogP) is 3.08. The number of nitrogens with zero attached hydrogens (tertiary/aromatic N) is 1. The Morgan fingerprint density at radius 2 is 2.06 bits per heavy atom. The number of para-hydroxylation sites is 1. The van der Waals surface area contributed by atoms with Crippen molar-refractivity contribution in [2.75, 3.05) is 6.61 Å². The molecule has 1 heterocycles. The lowest BCUT2D eigenvalue weighted by molar-refractivity contribution is -0.0356. The Hall–Kier alpha value is -1.45. The van der Waals surface area contributed by atoms with Gasteiger partial charge in [0.05, 0.1) is 11.6 Å². The predicted molar refractivity (Wildman–Crippen MR) is 72.4 cm³/mol. The SMILES string of the molecule is CCOC(CC)C(O)c1cnc2ccccc2c1. The van der Waals surface area contributed by atoms with Crippen molar-refractivity contribution in [2.45, 2.75) is 32.5 Å². The number of hydrogen-bond acceptors (Lipinski definition) is 3. The lowest BCUT2D eigenvalue weighted by Crippen LogP contribution is -2.21. The molecule has 2 atom stereocenters. The number of aliphatic hydroxyl groups excluding tert-OH is 1. The first kappa shape index (κ1) is 13.0. The molecule has 0 fully saturated rings. The third-order valence-corrected chi connectivity index (χ3v) is 3.09. The summed E-state index contributed by atoms with van der Waals surface area (Å²) in [6.07, 6.45) is 1.72. The van der Waals surface area contributed by atoms with Crippen molar-refractivity contribution in [2.24, 2.45) is 0 Å². The molecule has 1 aromatic carbocycles. The van der Waals surface area contributed by atoms with Crippen molar-refractivity contribution in [3.63, 3.8) is 0 Å². The van der Waals surface area contributed by atoms with E-state index >= 15 is 0 Å². The zero-order valence-electron chi connectivity index (χ0n) is 10.8. The van der Waals surface area contributed by atoms with E-state index < -0.39 is 6.10 Å². The van der Waals surface area contributed by atoms with Gasteiger partial charge in [-0.15, -0.1) is 0 Å². The van der Waals surface area contributed by atoms with Crippen LogP contribution in [0.25, 0.3) is 10.9 Å². The maximum Gasteiger partial charge on any atom is 0.107 e. The van der Waals surface area contributed by atoms with E-state index in [9.17, 15) is 5.11 Å². The van der Waals surface area contributed by atoms with Gasteiger partial charge in [-0.25, -0.2) is 0 Å². The van der Waals surface area contributed by atoms with Crippen LogP contribution in [0.15, 0.2) is 36.5 Å². The zero-order chi connectivity index (χ0) is 13.0. The van der Waals surface area contributed by atoms with Gasteiger partial charge in [-0.2, -0.15) is 0 Å². The summed E-state index contributed by atoms with van der Waals surface area (Å²) in [5.41, 5.74) is 1.76. The molecule has 0 saturated carbocycles. The van der Waals surface area contributed by atoms with Gasteiger partial charge >= 0.3 is 0 Å². The number of ether oxygens (including phenoxy) is 1. The molecular weight excluding hydrogens is 226 g/mol. The maximum absolute atomic E-state index is 10.3. The van der Waals surface area contributed by atoms with E-state index in [1.54, 1.807) is 6.20 Å². The summed E-state index contributed by atoms with van der Waals surface area (Å²) in [4.78, 5) is 4.36. The lowest BCUT2D eigenvalue weighted by Gasteiger charge is -2.21. The Morgan fingerprint density at radius 3 is 2.78 bits per heavy atom. The second-order valence-corrected chi connectivity index (χ2v) is 4.31. The van der Waals surface area contributed by atoms with Crippen LogP contribution in [-0.4, -0.2) is 22.8 Å². The quantitative estimate of drug-likeness (QED) is 0.880. The fourth-order valence-electron chi connectivity index (χ4n) is 2.11. The fraction of sp³-hybridized carbons (Fsp3) is 0.400. The van der Waals surface area contributed by atoms with Gasteiger partial charge in [-0.3, -0.25) is 4.98 Å². The van der Waals surface area contributed by atoms with E-state index in [1.807, 2.05) is 44.2 Å². The van der Waals surface area contributed by atoms with Crippen molar-refractivity contribution in [3.05, 3.63) is 42.1 Å². The summed E-state index contributed by atoms with van der Waals surface area (Å²) >= 11 is 0. The normalized spacial score (nSPS) is 14.6. The molecule has 18 heavy (non-hydrogen) atoms. The molecule has 1 N–H and O–H groups in total. The van der Waals surface area contributed by atoms with E-state index in [-0.39, 0.29) is 6.10 Å². The molecule has 96 valence electrons. The van der Waals surface area contributed by atoms with E-state index in [1.165, 1.54) is 0 Å². The first-order chi connectivity index (χ1) is 8.76. The smallest absolute Gasteiger partial charge is 0.107 e. The Bertz CT molecular complexity index is 513. The number of aliphatic hydroxyl groups is 1. The second kappa shape index (κ2) is 5.94. The molecule has 0 bridgehead atoms. The Labute approximate surface area is 107 Å². The highest BCUT2D eigenvalue weighted by Crippen LogP contribution is 2.23. The Morgan fingerprint density at radius 1 is 1.28 bits per heavy atom. The number of hydrogen-bond donors (Lipinski definition) is 1. The van der Waals surface area contributed by atoms with Crippen molar-refractivity contribution in [1.82, 2.24) is 4.98 Å². The van der Waals surface area contributed by atoms with E-state index in [4.69, 9.17) is 4.74 Å². The zero-order valence-corrected chi connectivity index (χ0v) is 10.8. The first-order valence-electron chi connectivity index (χ1n) is 6.40. The Balaban J connectivity index is 2.29. The van der Waals surface area contributed by atoms with Crippen LogP contribution in [0.5, 0.6) is 0 Å². The first-order valence-corrected chi connectivity index (χ1v) is 6.40. The van der Waals surface area contributed by atoms with Crippen molar-refractivity contribution in [3.8, 4) is 0 Å². The molecule has 2 aromatic rings. The highest BCUT2D eigenvalue weighted by atomic mass is 16.5. The molecule has 0 radical (unpaired) electrons. The van der Waals surface area contributed by atoms with Crippen LogP contribution in [0.1, 0.15) is 31.9 Å². The standard InChI is InChI=1S/C15H19NO2/c1-3-14(18-4-2)15(17)12-9-11-7-5-6-8-13(11)16-10-12/h5-10,14-15,17H,3-4H2,1-2H3. The van der Waals surface area contributed by atoms with Crippen LogP contribution in [0.2, 0.25) is 0 Å². The third kappa shape index (κ3) is 2.68. The summed E-state index contributed by atoms with van der Waals surface area (Å²) in [6, 6.07) is 9.88. The molecule has 3 nitrogen and oxygen atoms in total. The molecule has 0 aliphatic carbocycles. The highest BCUT2D eigenvalue weighted by Gasteiger charge is 2.19. The number of pyridine rings is 1. The maximum atomic E-state index is 10.3. The van der Waals surface area contributed by atoms with Gasteiger partial charge in [0.25, 0.3) is 0 Å². The lowest BCUT2D eigenvalue weighted by atomic mass is 10.0. The van der Waals surface area contributed by atoms with E-state index in [2.05, 4.69) is 4.98 Å². The van der Waals surface area contributed by atoms with Gasteiger partial charge in [0.1, 0.15) is 6.10 Å². The average Bonchev–Trinajstić information content (AvgIpc) is 2.43. The van der Waals surface area contributed by atoms with Crippen LogP contribution < -0.4 is 0 Å². The molecule has 1 aromatic heterocycles. The summed E-state index contributed by atoms with van der Waals surface area (Å²) in [6.45, 7) is 4.56. The number of fused-ring (bicyclic) bond motifs is 1. The average molecular weight is 245 g/mol. The second-order valence-electron chi connectivity index (χ2n) is 4.31. The van der Waals surface area contributed by atoms with Crippen LogP contribution in [0.3, 0.4) is 0 Å². The number of rotatable bonds is 5. The van der Waals surface area contributed by atoms with Gasteiger partial charge in [-0.05, 0) is 25.5 Å². The summed E-state index contributed by atoms with van der Waals surface area (Å²) < 4.78 is 5.54. The number of benzene rings is 1. The van der Waals surface area contributed by atoms with Gasteiger partial charge in [0.2, 0.25) is 0 Å². The van der Waals surface area contributed by atoms with Gasteiger partial charge < -0.3 is 9.84 Å². The van der Waals surface area contributed by atoms with Crippen molar-refractivity contribution in [1.29, 1.82) is 0 Å². The monoisotopic (exact) mass is 245 g/mol. The van der Waals surface area contributed by atoms with Crippen molar-refractivity contribution < 1.29 is 9.84 Å². The molecule has 2 rings (SSSR count). The molecule has 0 amide bonds. The van der Waals surface area contributed by atoms with Gasteiger partial charge in [0.15, 0.2) is 0 Å². The highest BCUT2D eigenvalue weighted by molar-refractivity contribution is 5.78. The minimum atomic E-state index is -0.618. The molecule has 2 unspecified atom stereocenters.